The molecule has 1 unspecified atom stereocenters. The minimum Gasteiger partial charge on any atom is -0.487 e. The molecule has 0 bridgehead atoms. The smallest absolute Gasteiger partial charge is 0.142 e. The second-order valence-corrected chi connectivity index (χ2v) is 4.92. The molecule has 1 atom stereocenters. The summed E-state index contributed by atoms with van der Waals surface area (Å²) in [6.45, 7) is 2.37. The summed E-state index contributed by atoms with van der Waals surface area (Å²) in [5.74, 6) is 0.700. The highest BCUT2D eigenvalue weighted by Crippen LogP contribution is 2.25. The molecule has 2 rings (SSSR count). The highest BCUT2D eigenvalue weighted by molar-refractivity contribution is 5.56. The van der Waals surface area contributed by atoms with Gasteiger partial charge in [-0.15, -0.1) is 0 Å². The fourth-order valence-corrected chi connectivity index (χ4v) is 1.98. The molecule has 21 heavy (non-hydrogen) atoms. The molecule has 1 aromatic carbocycles. The SMILES string of the molecule is Cc1nn(C)cc1COc1ccccc1NCC(O)CO. The van der Waals surface area contributed by atoms with E-state index in [0.717, 1.165) is 16.9 Å². The van der Waals surface area contributed by atoms with Crippen molar-refractivity contribution in [2.24, 2.45) is 7.05 Å². The first kappa shape index (κ1) is 15.3. The Morgan fingerprint density at radius 1 is 1.38 bits per heavy atom. The fourth-order valence-electron chi connectivity index (χ4n) is 1.98. The summed E-state index contributed by atoms with van der Waals surface area (Å²) in [7, 11) is 1.88. The van der Waals surface area contributed by atoms with Gasteiger partial charge in [0, 0.05) is 25.4 Å². The number of anilines is 1. The Kier molecular flexibility index (Phi) is 5.19. The number of para-hydroxylation sites is 2. The van der Waals surface area contributed by atoms with Gasteiger partial charge in [0.05, 0.1) is 24.1 Å². The molecule has 1 aromatic heterocycles. The molecule has 114 valence electrons. The molecule has 0 aliphatic rings. The van der Waals surface area contributed by atoms with Crippen LogP contribution >= 0.6 is 0 Å². The predicted octanol–water partition coefficient (Wildman–Crippen LogP) is 1.07. The molecule has 0 amide bonds. The Balaban J connectivity index is 2.01. The van der Waals surface area contributed by atoms with Crippen molar-refractivity contribution in [3.05, 3.63) is 41.7 Å². The lowest BCUT2D eigenvalue weighted by molar-refractivity contribution is 0.105. The van der Waals surface area contributed by atoms with Crippen LogP contribution in [0.1, 0.15) is 11.3 Å². The number of nitrogens with one attached hydrogen (secondary N) is 1. The Bertz CT molecular complexity index is 583. The van der Waals surface area contributed by atoms with Crippen LogP contribution in [0.3, 0.4) is 0 Å². The second-order valence-electron chi connectivity index (χ2n) is 4.92. The third kappa shape index (κ3) is 4.21. The lowest BCUT2D eigenvalue weighted by atomic mass is 10.2. The summed E-state index contributed by atoms with van der Waals surface area (Å²) in [6.07, 6.45) is 1.14. The Morgan fingerprint density at radius 2 is 2.14 bits per heavy atom. The van der Waals surface area contributed by atoms with Crippen LogP contribution in [0, 0.1) is 6.92 Å². The number of benzene rings is 1. The van der Waals surface area contributed by atoms with E-state index in [-0.39, 0.29) is 13.2 Å². The van der Waals surface area contributed by atoms with Crippen LogP contribution in [-0.4, -0.2) is 39.2 Å². The van der Waals surface area contributed by atoms with E-state index in [4.69, 9.17) is 9.84 Å². The van der Waals surface area contributed by atoms with Crippen molar-refractivity contribution in [2.75, 3.05) is 18.5 Å². The van der Waals surface area contributed by atoms with Crippen LogP contribution in [0.2, 0.25) is 0 Å². The van der Waals surface area contributed by atoms with Gasteiger partial charge in [0.25, 0.3) is 0 Å². The van der Waals surface area contributed by atoms with Crippen LogP contribution < -0.4 is 10.1 Å². The molecule has 0 radical (unpaired) electrons. The van der Waals surface area contributed by atoms with Gasteiger partial charge in [-0.2, -0.15) is 5.10 Å². The van der Waals surface area contributed by atoms with Crippen molar-refractivity contribution in [1.82, 2.24) is 9.78 Å². The zero-order chi connectivity index (χ0) is 15.2. The van der Waals surface area contributed by atoms with Gasteiger partial charge in [-0.05, 0) is 19.1 Å². The number of aromatic nitrogens is 2. The van der Waals surface area contributed by atoms with Gasteiger partial charge in [0.1, 0.15) is 12.4 Å². The van der Waals surface area contributed by atoms with Crippen molar-refractivity contribution in [2.45, 2.75) is 19.6 Å². The average Bonchev–Trinajstić information content (AvgIpc) is 2.81. The van der Waals surface area contributed by atoms with Crippen molar-refractivity contribution in [3.8, 4) is 5.75 Å². The molecule has 6 heteroatoms. The van der Waals surface area contributed by atoms with Gasteiger partial charge < -0.3 is 20.3 Å². The summed E-state index contributed by atoms with van der Waals surface area (Å²) in [5, 5.41) is 25.6. The van der Waals surface area contributed by atoms with Crippen molar-refractivity contribution < 1.29 is 14.9 Å². The van der Waals surface area contributed by atoms with Gasteiger partial charge in [-0.1, -0.05) is 12.1 Å². The second kappa shape index (κ2) is 7.10. The first-order chi connectivity index (χ1) is 10.1. The van der Waals surface area contributed by atoms with Gasteiger partial charge in [-0.25, -0.2) is 0 Å². The summed E-state index contributed by atoms with van der Waals surface area (Å²) < 4.78 is 7.58. The first-order valence-electron chi connectivity index (χ1n) is 6.84. The molecule has 0 fully saturated rings. The minimum absolute atomic E-state index is 0.267. The van der Waals surface area contributed by atoms with Gasteiger partial charge >= 0.3 is 0 Å². The molecule has 0 saturated heterocycles. The third-order valence-electron chi connectivity index (χ3n) is 3.12. The van der Waals surface area contributed by atoms with E-state index >= 15 is 0 Å². The molecule has 0 aliphatic carbocycles. The standard InChI is InChI=1S/C15H21N3O3/c1-11-12(8-18(2)17-11)10-21-15-6-4-3-5-14(15)16-7-13(20)9-19/h3-6,8,13,16,19-20H,7,9-10H2,1-2H3. The molecule has 0 spiro atoms. The van der Waals surface area contributed by atoms with E-state index in [1.165, 1.54) is 0 Å². The third-order valence-corrected chi connectivity index (χ3v) is 3.12. The maximum absolute atomic E-state index is 9.39. The molecule has 6 nitrogen and oxygen atoms in total. The van der Waals surface area contributed by atoms with Crippen LogP contribution in [0.25, 0.3) is 0 Å². The zero-order valence-corrected chi connectivity index (χ0v) is 12.3. The number of hydrogen-bond donors (Lipinski definition) is 3. The number of aliphatic hydroxyl groups is 2. The quantitative estimate of drug-likeness (QED) is 0.711. The van der Waals surface area contributed by atoms with Crippen LogP contribution in [0.15, 0.2) is 30.5 Å². The van der Waals surface area contributed by atoms with E-state index in [2.05, 4.69) is 10.4 Å². The van der Waals surface area contributed by atoms with E-state index in [0.29, 0.717) is 12.4 Å². The minimum atomic E-state index is -0.793. The summed E-state index contributed by atoms with van der Waals surface area (Å²) in [4.78, 5) is 0. The average molecular weight is 291 g/mol. The van der Waals surface area contributed by atoms with E-state index in [9.17, 15) is 5.11 Å². The van der Waals surface area contributed by atoms with E-state index < -0.39 is 6.10 Å². The lowest BCUT2D eigenvalue weighted by Crippen LogP contribution is -2.23. The molecule has 0 saturated carbocycles. The van der Waals surface area contributed by atoms with Crippen molar-refractivity contribution >= 4 is 5.69 Å². The highest BCUT2D eigenvalue weighted by Gasteiger charge is 2.08. The van der Waals surface area contributed by atoms with Crippen LogP contribution in [-0.2, 0) is 13.7 Å². The number of ether oxygens (including phenoxy) is 1. The Labute approximate surface area is 124 Å². The first-order valence-corrected chi connectivity index (χ1v) is 6.84. The summed E-state index contributed by atoms with van der Waals surface area (Å²) in [6, 6.07) is 7.50. The Morgan fingerprint density at radius 3 is 2.81 bits per heavy atom. The molecule has 0 aliphatic heterocycles. The molecule has 3 N–H and O–H groups in total. The van der Waals surface area contributed by atoms with Crippen LogP contribution in [0.4, 0.5) is 5.69 Å². The number of aliphatic hydroxyl groups excluding tert-OH is 2. The monoisotopic (exact) mass is 291 g/mol. The summed E-state index contributed by atoms with van der Waals surface area (Å²) in [5.41, 5.74) is 2.76. The fraction of sp³-hybridized carbons (Fsp3) is 0.400. The van der Waals surface area contributed by atoms with Gasteiger partial charge in [-0.3, -0.25) is 4.68 Å². The largest absolute Gasteiger partial charge is 0.487 e. The number of aryl methyl sites for hydroxylation is 2. The number of rotatable bonds is 7. The summed E-state index contributed by atoms with van der Waals surface area (Å²) >= 11 is 0. The van der Waals surface area contributed by atoms with Gasteiger partial charge in [0.15, 0.2) is 0 Å². The Hall–Kier alpha value is -2.05. The van der Waals surface area contributed by atoms with Crippen molar-refractivity contribution in [1.29, 1.82) is 0 Å². The van der Waals surface area contributed by atoms with E-state index in [1.54, 1.807) is 4.68 Å². The maximum Gasteiger partial charge on any atom is 0.142 e. The topological polar surface area (TPSA) is 79.5 Å². The van der Waals surface area contributed by atoms with E-state index in [1.807, 2.05) is 44.4 Å². The van der Waals surface area contributed by atoms with Crippen molar-refractivity contribution in [3.63, 3.8) is 0 Å². The maximum atomic E-state index is 9.39. The number of hydrogen-bond acceptors (Lipinski definition) is 5. The molecule has 1 heterocycles. The van der Waals surface area contributed by atoms with Crippen LogP contribution in [0.5, 0.6) is 5.75 Å². The predicted molar refractivity (Wildman–Crippen MR) is 80.3 cm³/mol. The number of nitrogens with zero attached hydrogens (tertiary/aromatic N) is 2. The lowest BCUT2D eigenvalue weighted by Gasteiger charge is -2.14. The highest BCUT2D eigenvalue weighted by atomic mass is 16.5. The normalized spacial score (nSPS) is 12.2. The molecule has 2 aromatic rings. The molecular weight excluding hydrogens is 270 g/mol. The zero-order valence-electron chi connectivity index (χ0n) is 12.3. The molecular formula is C15H21N3O3. The van der Waals surface area contributed by atoms with Gasteiger partial charge in [0.2, 0.25) is 0 Å².